The fourth-order valence-corrected chi connectivity index (χ4v) is 2.67. The van der Waals surface area contributed by atoms with Gasteiger partial charge in [-0.25, -0.2) is 5.43 Å². The van der Waals surface area contributed by atoms with Crippen molar-refractivity contribution >= 4 is 12.1 Å². The van der Waals surface area contributed by atoms with Crippen molar-refractivity contribution in [1.82, 2.24) is 5.43 Å². The zero-order chi connectivity index (χ0) is 18.2. The van der Waals surface area contributed by atoms with Gasteiger partial charge in [0.15, 0.2) is 11.5 Å². The van der Waals surface area contributed by atoms with Gasteiger partial charge >= 0.3 is 0 Å². The van der Waals surface area contributed by atoms with E-state index in [1.807, 2.05) is 50.2 Å². The molecule has 5 nitrogen and oxygen atoms in total. The number of methoxy groups -OCH3 is 2. The largest absolute Gasteiger partial charge is 0.493 e. The van der Waals surface area contributed by atoms with Gasteiger partial charge in [0.05, 0.1) is 26.4 Å². The van der Waals surface area contributed by atoms with Crippen LogP contribution in [0.3, 0.4) is 0 Å². The standard InChI is InChI=1S/C20H24N2O3/c1-14(2)19(16-8-6-5-7-9-16)20(23)22-21-13-15-10-11-17(24-3)18(12-15)25-4/h5-14,19H,1-4H3,(H,22,23)/b21-13+. The third-order valence-electron chi connectivity index (χ3n) is 3.90. The van der Waals surface area contributed by atoms with Crippen LogP contribution in [0.4, 0.5) is 0 Å². The number of benzene rings is 2. The summed E-state index contributed by atoms with van der Waals surface area (Å²) in [6, 6.07) is 15.2. The lowest BCUT2D eigenvalue weighted by Crippen LogP contribution is -2.28. The van der Waals surface area contributed by atoms with E-state index >= 15 is 0 Å². The molecule has 1 N–H and O–H groups in total. The quantitative estimate of drug-likeness (QED) is 0.619. The smallest absolute Gasteiger partial charge is 0.247 e. The van der Waals surface area contributed by atoms with Crippen LogP contribution in [0.1, 0.15) is 30.9 Å². The maximum absolute atomic E-state index is 12.5. The van der Waals surface area contributed by atoms with Crippen LogP contribution in [0.5, 0.6) is 11.5 Å². The fraction of sp³-hybridized carbons (Fsp3) is 0.300. The Morgan fingerprint density at radius 3 is 2.32 bits per heavy atom. The van der Waals surface area contributed by atoms with E-state index in [0.717, 1.165) is 11.1 Å². The number of hydrazone groups is 1. The summed E-state index contributed by atoms with van der Waals surface area (Å²) in [6.07, 6.45) is 1.59. The molecule has 0 radical (unpaired) electrons. The van der Waals surface area contributed by atoms with Crippen molar-refractivity contribution in [1.29, 1.82) is 0 Å². The second-order valence-electron chi connectivity index (χ2n) is 5.98. The van der Waals surface area contributed by atoms with E-state index in [-0.39, 0.29) is 17.7 Å². The van der Waals surface area contributed by atoms with Crippen LogP contribution in [0.15, 0.2) is 53.6 Å². The van der Waals surface area contributed by atoms with Crippen LogP contribution in [0, 0.1) is 5.92 Å². The molecular formula is C20H24N2O3. The summed E-state index contributed by atoms with van der Waals surface area (Å²) in [5.74, 6) is 1.05. The molecule has 0 saturated carbocycles. The minimum atomic E-state index is -0.247. The molecule has 2 aromatic carbocycles. The minimum Gasteiger partial charge on any atom is -0.493 e. The summed E-state index contributed by atoms with van der Waals surface area (Å²) < 4.78 is 10.5. The van der Waals surface area contributed by atoms with E-state index < -0.39 is 0 Å². The molecule has 1 unspecified atom stereocenters. The van der Waals surface area contributed by atoms with Gasteiger partial charge in [-0.05, 0) is 35.2 Å². The highest BCUT2D eigenvalue weighted by Crippen LogP contribution is 2.27. The molecule has 132 valence electrons. The highest BCUT2D eigenvalue weighted by atomic mass is 16.5. The maximum atomic E-state index is 12.5. The van der Waals surface area contributed by atoms with Crippen molar-refractivity contribution in [2.45, 2.75) is 19.8 Å². The molecule has 0 heterocycles. The predicted octanol–water partition coefficient (Wildman–Crippen LogP) is 3.59. The summed E-state index contributed by atoms with van der Waals surface area (Å²) in [4.78, 5) is 12.5. The molecular weight excluding hydrogens is 316 g/mol. The topological polar surface area (TPSA) is 59.9 Å². The number of hydrogen-bond donors (Lipinski definition) is 1. The molecule has 2 aromatic rings. The number of rotatable bonds is 7. The van der Waals surface area contributed by atoms with Gasteiger partial charge in [-0.2, -0.15) is 5.10 Å². The van der Waals surface area contributed by atoms with Crippen LogP contribution in [0.25, 0.3) is 0 Å². The summed E-state index contributed by atoms with van der Waals surface area (Å²) >= 11 is 0. The predicted molar refractivity (Wildman–Crippen MR) is 99.3 cm³/mol. The van der Waals surface area contributed by atoms with Gasteiger partial charge in [0.2, 0.25) is 5.91 Å². The normalized spacial score (nSPS) is 12.2. The summed E-state index contributed by atoms with van der Waals surface area (Å²) in [6.45, 7) is 4.05. The number of carbonyl (C=O) groups is 1. The number of nitrogens with zero attached hydrogens (tertiary/aromatic N) is 1. The van der Waals surface area contributed by atoms with Gasteiger partial charge < -0.3 is 9.47 Å². The first-order valence-corrected chi connectivity index (χ1v) is 8.16. The Hall–Kier alpha value is -2.82. The molecule has 0 spiro atoms. The summed E-state index contributed by atoms with van der Waals surface area (Å²) in [7, 11) is 3.16. The second-order valence-corrected chi connectivity index (χ2v) is 5.98. The zero-order valence-electron chi connectivity index (χ0n) is 15.0. The molecule has 0 aliphatic heterocycles. The van der Waals surface area contributed by atoms with Crippen LogP contribution in [-0.4, -0.2) is 26.3 Å². The lowest BCUT2D eigenvalue weighted by atomic mass is 9.88. The van der Waals surface area contributed by atoms with E-state index in [1.54, 1.807) is 32.6 Å². The number of carbonyl (C=O) groups excluding carboxylic acids is 1. The van der Waals surface area contributed by atoms with Gasteiger partial charge in [-0.1, -0.05) is 44.2 Å². The molecule has 2 rings (SSSR count). The summed E-state index contributed by atoms with van der Waals surface area (Å²) in [5, 5.41) is 4.08. The van der Waals surface area contributed by atoms with Gasteiger partial charge in [-0.3, -0.25) is 4.79 Å². The van der Waals surface area contributed by atoms with E-state index in [4.69, 9.17) is 9.47 Å². The van der Waals surface area contributed by atoms with E-state index in [9.17, 15) is 4.79 Å². The average Bonchev–Trinajstić information content (AvgIpc) is 2.62. The monoisotopic (exact) mass is 340 g/mol. The average molecular weight is 340 g/mol. The molecule has 0 fully saturated rings. The van der Waals surface area contributed by atoms with Crippen molar-refractivity contribution in [3.05, 3.63) is 59.7 Å². The third kappa shape index (κ3) is 4.83. The Bertz CT molecular complexity index is 727. The Labute approximate surface area is 148 Å². The fourth-order valence-electron chi connectivity index (χ4n) is 2.67. The van der Waals surface area contributed by atoms with Crippen molar-refractivity contribution in [2.24, 2.45) is 11.0 Å². The maximum Gasteiger partial charge on any atom is 0.247 e. The number of ether oxygens (including phenoxy) is 2. The van der Waals surface area contributed by atoms with Crippen LogP contribution < -0.4 is 14.9 Å². The number of nitrogens with one attached hydrogen (secondary N) is 1. The van der Waals surface area contributed by atoms with Crippen LogP contribution in [-0.2, 0) is 4.79 Å². The first kappa shape index (κ1) is 18.5. The molecule has 5 heteroatoms. The van der Waals surface area contributed by atoms with Crippen molar-refractivity contribution < 1.29 is 14.3 Å². The van der Waals surface area contributed by atoms with E-state index in [0.29, 0.717) is 11.5 Å². The molecule has 0 aliphatic rings. The molecule has 0 aliphatic carbocycles. The Morgan fingerprint density at radius 2 is 1.72 bits per heavy atom. The molecule has 1 amide bonds. The third-order valence-corrected chi connectivity index (χ3v) is 3.90. The summed E-state index contributed by atoms with van der Waals surface area (Å²) in [5.41, 5.74) is 4.42. The highest BCUT2D eigenvalue weighted by molar-refractivity contribution is 5.86. The van der Waals surface area contributed by atoms with Crippen molar-refractivity contribution in [3.63, 3.8) is 0 Å². The second kappa shape index (κ2) is 8.87. The zero-order valence-corrected chi connectivity index (χ0v) is 15.0. The Kier molecular flexibility index (Phi) is 6.57. The Morgan fingerprint density at radius 1 is 1.04 bits per heavy atom. The molecule has 0 saturated heterocycles. The van der Waals surface area contributed by atoms with Gasteiger partial charge in [-0.15, -0.1) is 0 Å². The van der Waals surface area contributed by atoms with Crippen LogP contribution >= 0.6 is 0 Å². The molecule has 1 atom stereocenters. The number of hydrogen-bond acceptors (Lipinski definition) is 4. The minimum absolute atomic E-state index is 0.127. The number of amides is 1. The van der Waals surface area contributed by atoms with Crippen molar-refractivity contribution in [3.8, 4) is 11.5 Å². The van der Waals surface area contributed by atoms with Gasteiger partial charge in [0.1, 0.15) is 0 Å². The van der Waals surface area contributed by atoms with Gasteiger partial charge in [0.25, 0.3) is 0 Å². The lowest BCUT2D eigenvalue weighted by Gasteiger charge is -2.19. The van der Waals surface area contributed by atoms with Crippen LogP contribution in [0.2, 0.25) is 0 Å². The first-order valence-electron chi connectivity index (χ1n) is 8.16. The van der Waals surface area contributed by atoms with Crippen molar-refractivity contribution in [2.75, 3.05) is 14.2 Å². The Balaban J connectivity index is 2.08. The van der Waals surface area contributed by atoms with Gasteiger partial charge in [0, 0.05) is 0 Å². The molecule has 0 aromatic heterocycles. The molecule has 0 bridgehead atoms. The highest BCUT2D eigenvalue weighted by Gasteiger charge is 2.23. The first-order chi connectivity index (χ1) is 12.1. The van der Waals surface area contributed by atoms with E-state index in [1.165, 1.54) is 0 Å². The van der Waals surface area contributed by atoms with E-state index in [2.05, 4.69) is 10.5 Å². The molecule has 25 heavy (non-hydrogen) atoms. The lowest BCUT2D eigenvalue weighted by molar-refractivity contribution is -0.123. The SMILES string of the molecule is COc1ccc(/C=N/NC(=O)C(c2ccccc2)C(C)C)cc1OC.